The van der Waals surface area contributed by atoms with Crippen LogP contribution in [0.4, 0.5) is 17.3 Å². The molecule has 39 heavy (non-hydrogen) atoms. The summed E-state index contributed by atoms with van der Waals surface area (Å²) >= 11 is 12.4. The van der Waals surface area contributed by atoms with E-state index in [9.17, 15) is 14.4 Å². The Balaban J connectivity index is 1.30. The molecule has 1 saturated heterocycles. The van der Waals surface area contributed by atoms with E-state index in [1.165, 1.54) is 6.20 Å². The molecule has 1 aliphatic rings. The first-order valence-electron chi connectivity index (χ1n) is 12.2. The third-order valence-corrected chi connectivity index (χ3v) is 7.14. The summed E-state index contributed by atoms with van der Waals surface area (Å²) in [4.78, 5) is 55.1. The number of aromatic amines is 1. The zero-order valence-electron chi connectivity index (χ0n) is 21.3. The number of anilines is 3. The van der Waals surface area contributed by atoms with Gasteiger partial charge in [-0.25, -0.2) is 14.3 Å². The molecule has 4 aromatic rings. The molecule has 0 saturated carbocycles. The van der Waals surface area contributed by atoms with E-state index in [1.807, 2.05) is 24.3 Å². The Labute approximate surface area is 233 Å². The zero-order valence-corrected chi connectivity index (χ0v) is 22.8. The molecular weight excluding hydrogens is 543 g/mol. The molecule has 2 N–H and O–H groups in total. The molecule has 202 valence electrons. The van der Waals surface area contributed by atoms with Crippen LogP contribution in [0.15, 0.2) is 58.3 Å². The number of halogens is 2. The summed E-state index contributed by atoms with van der Waals surface area (Å²) in [6.45, 7) is 3.71. The molecule has 1 amide bonds. The molecular formula is C26H26Cl2N8O3. The van der Waals surface area contributed by atoms with Crippen molar-refractivity contribution in [3.05, 3.63) is 79.5 Å². The fourth-order valence-corrected chi connectivity index (χ4v) is 4.92. The number of nitrogens with zero attached hydrogens (tertiary/aromatic N) is 6. The molecule has 2 aromatic heterocycles. The second-order valence-electron chi connectivity index (χ2n) is 9.32. The Morgan fingerprint density at radius 1 is 1.03 bits per heavy atom. The largest absolute Gasteiger partial charge is 0.369 e. The summed E-state index contributed by atoms with van der Waals surface area (Å²) in [5, 5.41) is 3.54. The van der Waals surface area contributed by atoms with Crippen LogP contribution in [0.5, 0.6) is 0 Å². The SMILES string of the molecule is CN(C)C(=O)CN1CCN(c2ccc(Nc3ncc4c(=O)n(-c5c(Cl)cccc5Cl)c(=O)[nH]c4n3)cc2)CC1. The molecule has 5 rings (SSSR count). The first kappa shape index (κ1) is 26.7. The van der Waals surface area contributed by atoms with E-state index in [0.717, 1.165) is 42.1 Å². The smallest absolute Gasteiger partial charge is 0.334 e. The maximum atomic E-state index is 13.1. The highest BCUT2D eigenvalue weighted by atomic mass is 35.5. The number of amides is 1. The number of hydrogen-bond donors (Lipinski definition) is 2. The number of rotatable bonds is 6. The number of piperazine rings is 1. The van der Waals surface area contributed by atoms with Gasteiger partial charge in [-0.1, -0.05) is 29.3 Å². The summed E-state index contributed by atoms with van der Waals surface area (Å²) in [5.41, 5.74) is 0.644. The summed E-state index contributed by atoms with van der Waals surface area (Å²) in [5.74, 6) is 0.326. The fourth-order valence-electron chi connectivity index (χ4n) is 4.35. The number of carbonyl (C=O) groups is 1. The van der Waals surface area contributed by atoms with E-state index in [-0.39, 0.29) is 38.6 Å². The highest BCUT2D eigenvalue weighted by molar-refractivity contribution is 6.37. The normalized spacial score (nSPS) is 14.0. The summed E-state index contributed by atoms with van der Waals surface area (Å²) < 4.78 is 0.877. The minimum Gasteiger partial charge on any atom is -0.369 e. The van der Waals surface area contributed by atoms with Crippen LogP contribution in [0.1, 0.15) is 0 Å². The minimum absolute atomic E-state index is 0.0872. The monoisotopic (exact) mass is 568 g/mol. The van der Waals surface area contributed by atoms with E-state index in [0.29, 0.717) is 6.54 Å². The van der Waals surface area contributed by atoms with Crippen molar-refractivity contribution in [1.29, 1.82) is 0 Å². The van der Waals surface area contributed by atoms with Gasteiger partial charge in [0, 0.05) is 57.8 Å². The van der Waals surface area contributed by atoms with Crippen molar-refractivity contribution in [3.63, 3.8) is 0 Å². The Morgan fingerprint density at radius 2 is 1.69 bits per heavy atom. The Hall–Kier alpha value is -3.93. The maximum Gasteiger partial charge on any atom is 0.334 e. The third kappa shape index (κ3) is 5.60. The van der Waals surface area contributed by atoms with Crippen molar-refractivity contribution >= 4 is 57.5 Å². The van der Waals surface area contributed by atoms with Crippen LogP contribution in [0, 0.1) is 0 Å². The Kier molecular flexibility index (Phi) is 7.56. The van der Waals surface area contributed by atoms with Crippen molar-refractivity contribution in [2.45, 2.75) is 0 Å². The topological polar surface area (TPSA) is 119 Å². The predicted molar refractivity (Wildman–Crippen MR) is 153 cm³/mol. The van der Waals surface area contributed by atoms with Crippen LogP contribution in [0.25, 0.3) is 16.7 Å². The van der Waals surface area contributed by atoms with Crippen LogP contribution in [-0.2, 0) is 4.79 Å². The molecule has 11 nitrogen and oxygen atoms in total. The van der Waals surface area contributed by atoms with E-state index in [1.54, 1.807) is 37.2 Å². The third-order valence-electron chi connectivity index (χ3n) is 6.53. The molecule has 0 unspecified atom stereocenters. The molecule has 1 aliphatic heterocycles. The summed E-state index contributed by atoms with van der Waals surface area (Å²) in [7, 11) is 3.54. The molecule has 3 heterocycles. The van der Waals surface area contributed by atoms with Crippen LogP contribution < -0.4 is 21.5 Å². The number of carbonyl (C=O) groups excluding carboxylic acids is 1. The van der Waals surface area contributed by atoms with E-state index in [4.69, 9.17) is 23.2 Å². The lowest BCUT2D eigenvalue weighted by atomic mass is 10.2. The molecule has 0 bridgehead atoms. The quantitative estimate of drug-likeness (QED) is 0.364. The number of aromatic nitrogens is 4. The maximum absolute atomic E-state index is 13.1. The van der Waals surface area contributed by atoms with Gasteiger partial charge < -0.3 is 15.1 Å². The van der Waals surface area contributed by atoms with Gasteiger partial charge >= 0.3 is 5.69 Å². The Bertz CT molecular complexity index is 1620. The fraction of sp³-hybridized carbons (Fsp3) is 0.269. The van der Waals surface area contributed by atoms with Gasteiger partial charge in [-0.05, 0) is 36.4 Å². The van der Waals surface area contributed by atoms with Crippen molar-refractivity contribution in [1.82, 2.24) is 29.3 Å². The minimum atomic E-state index is -0.720. The first-order chi connectivity index (χ1) is 18.7. The van der Waals surface area contributed by atoms with Gasteiger partial charge in [-0.2, -0.15) is 4.98 Å². The lowest BCUT2D eigenvalue weighted by Gasteiger charge is -2.36. The molecule has 0 aliphatic carbocycles. The van der Waals surface area contributed by atoms with Crippen molar-refractivity contribution in [3.8, 4) is 5.69 Å². The number of H-pyrrole nitrogens is 1. The number of para-hydroxylation sites is 1. The van der Waals surface area contributed by atoms with Crippen molar-refractivity contribution in [2.75, 3.05) is 57.0 Å². The zero-order chi connectivity index (χ0) is 27.7. The number of likely N-dealkylation sites (N-methyl/N-ethyl adjacent to an activating group) is 1. The lowest BCUT2D eigenvalue weighted by molar-refractivity contribution is -0.129. The van der Waals surface area contributed by atoms with Crippen LogP contribution in [0.2, 0.25) is 10.0 Å². The number of fused-ring (bicyclic) bond motifs is 1. The number of hydrogen-bond acceptors (Lipinski definition) is 8. The van der Waals surface area contributed by atoms with Gasteiger partial charge in [0.25, 0.3) is 5.56 Å². The second kappa shape index (κ2) is 11.0. The molecule has 0 atom stereocenters. The van der Waals surface area contributed by atoms with Gasteiger partial charge in [-0.15, -0.1) is 0 Å². The van der Waals surface area contributed by atoms with E-state index in [2.05, 4.69) is 30.1 Å². The molecule has 0 radical (unpaired) electrons. The van der Waals surface area contributed by atoms with E-state index >= 15 is 0 Å². The lowest BCUT2D eigenvalue weighted by Crippen LogP contribution is -2.49. The first-order valence-corrected chi connectivity index (χ1v) is 13.0. The predicted octanol–water partition coefficient (Wildman–Crippen LogP) is 2.73. The molecule has 1 fully saturated rings. The van der Waals surface area contributed by atoms with Crippen molar-refractivity contribution < 1.29 is 4.79 Å². The van der Waals surface area contributed by atoms with Gasteiger partial charge in [0.2, 0.25) is 11.9 Å². The number of benzene rings is 2. The van der Waals surface area contributed by atoms with Crippen molar-refractivity contribution in [2.24, 2.45) is 0 Å². The Morgan fingerprint density at radius 3 is 2.33 bits per heavy atom. The van der Waals surface area contributed by atoms with Crippen LogP contribution >= 0.6 is 23.2 Å². The summed E-state index contributed by atoms with van der Waals surface area (Å²) in [6, 6.07) is 12.5. The molecule has 13 heteroatoms. The molecule has 0 spiro atoms. The standard InChI is InChI=1S/C26H26Cl2N8O3/c1-33(2)21(37)15-34-10-12-35(13-11-34)17-8-6-16(7-9-17)30-25-29-14-18-23(31-25)32-26(39)36(24(18)38)22-19(27)4-3-5-20(22)28/h3-9,14H,10-13,15H2,1-2H3,(H2,29,30,31,32,39). The number of nitrogens with one attached hydrogen (secondary N) is 2. The van der Waals surface area contributed by atoms with E-state index < -0.39 is 11.2 Å². The van der Waals surface area contributed by atoms with Crippen LogP contribution in [-0.4, -0.2) is 82.0 Å². The van der Waals surface area contributed by atoms with Crippen LogP contribution in [0.3, 0.4) is 0 Å². The highest BCUT2D eigenvalue weighted by Gasteiger charge is 2.20. The molecule has 2 aromatic carbocycles. The second-order valence-corrected chi connectivity index (χ2v) is 10.1. The van der Waals surface area contributed by atoms with Gasteiger partial charge in [0.15, 0.2) is 5.65 Å². The summed E-state index contributed by atoms with van der Waals surface area (Å²) in [6.07, 6.45) is 1.35. The average Bonchev–Trinajstić information content (AvgIpc) is 2.91. The van der Waals surface area contributed by atoms with Gasteiger partial charge in [0.05, 0.1) is 22.3 Å². The van der Waals surface area contributed by atoms with Gasteiger partial charge in [-0.3, -0.25) is 19.5 Å². The highest BCUT2D eigenvalue weighted by Crippen LogP contribution is 2.26. The van der Waals surface area contributed by atoms with Gasteiger partial charge in [0.1, 0.15) is 5.39 Å². The average molecular weight is 569 g/mol.